The number of hydrogen-bond donors (Lipinski definition) is 1. The van der Waals surface area contributed by atoms with E-state index >= 15 is 0 Å². The lowest BCUT2D eigenvalue weighted by Gasteiger charge is -2.10. The highest BCUT2D eigenvalue weighted by Crippen LogP contribution is 2.36. The molecule has 0 unspecified atom stereocenters. The summed E-state index contributed by atoms with van der Waals surface area (Å²) < 4.78 is 15.5. The predicted molar refractivity (Wildman–Crippen MR) is 98.4 cm³/mol. The van der Waals surface area contributed by atoms with Gasteiger partial charge in [-0.25, -0.2) is 0 Å². The van der Waals surface area contributed by atoms with Crippen LogP contribution in [0, 0.1) is 0 Å². The van der Waals surface area contributed by atoms with Crippen LogP contribution >= 0.6 is 11.6 Å². The second-order valence-corrected chi connectivity index (χ2v) is 5.54. The lowest BCUT2D eigenvalue weighted by atomic mass is 10.2. The van der Waals surface area contributed by atoms with E-state index in [0.29, 0.717) is 23.1 Å². The number of nitrogens with one attached hydrogen (secondary N) is 1. The Morgan fingerprint density at radius 2 is 1.80 bits per heavy atom. The number of halogens is 1. The molecule has 0 fully saturated rings. The van der Waals surface area contributed by atoms with Crippen molar-refractivity contribution < 1.29 is 19.0 Å². The summed E-state index contributed by atoms with van der Waals surface area (Å²) in [5.74, 6) is 1.54. The van der Waals surface area contributed by atoms with Gasteiger partial charge in [-0.05, 0) is 41.5 Å². The Labute approximate surface area is 152 Å². The van der Waals surface area contributed by atoms with E-state index in [1.165, 1.54) is 20.3 Å². The van der Waals surface area contributed by atoms with Gasteiger partial charge in [0.15, 0.2) is 11.5 Å². The molecule has 25 heavy (non-hydrogen) atoms. The number of carbonyl (C=O) groups excluding carboxylic acids is 1. The lowest BCUT2D eigenvalue weighted by molar-refractivity contribution is -0.116. The van der Waals surface area contributed by atoms with E-state index in [4.69, 9.17) is 25.8 Å². The van der Waals surface area contributed by atoms with Crippen LogP contribution in [0.25, 0.3) is 6.08 Å². The van der Waals surface area contributed by atoms with Gasteiger partial charge in [0.05, 0.1) is 26.4 Å². The first-order chi connectivity index (χ1) is 12.1. The van der Waals surface area contributed by atoms with E-state index in [2.05, 4.69) is 5.32 Å². The lowest BCUT2D eigenvalue weighted by Crippen LogP contribution is -2.20. The third-order valence-electron chi connectivity index (χ3n) is 3.51. The number of hydrogen-bond acceptors (Lipinski definition) is 4. The maximum atomic E-state index is 12.0. The van der Waals surface area contributed by atoms with Gasteiger partial charge in [-0.1, -0.05) is 23.7 Å². The average molecular weight is 362 g/mol. The fourth-order valence-corrected chi connectivity index (χ4v) is 2.49. The molecule has 1 amide bonds. The Morgan fingerprint density at radius 3 is 2.40 bits per heavy atom. The number of methoxy groups -OCH3 is 3. The first-order valence-corrected chi connectivity index (χ1v) is 7.95. The molecule has 0 heterocycles. The molecule has 6 heteroatoms. The molecule has 0 saturated carbocycles. The Bertz CT molecular complexity index is 757. The van der Waals surface area contributed by atoms with E-state index in [9.17, 15) is 4.79 Å². The van der Waals surface area contributed by atoms with Crippen molar-refractivity contribution in [2.24, 2.45) is 0 Å². The molecular weight excluding hydrogens is 342 g/mol. The van der Waals surface area contributed by atoms with E-state index < -0.39 is 0 Å². The second-order valence-electron chi connectivity index (χ2n) is 5.14. The van der Waals surface area contributed by atoms with E-state index in [1.54, 1.807) is 25.3 Å². The van der Waals surface area contributed by atoms with Crippen LogP contribution in [0.4, 0.5) is 0 Å². The maximum absolute atomic E-state index is 12.0. The van der Waals surface area contributed by atoms with Gasteiger partial charge in [0.1, 0.15) is 5.75 Å². The highest BCUT2D eigenvalue weighted by Gasteiger charge is 2.09. The number of carbonyl (C=O) groups is 1. The van der Waals surface area contributed by atoms with Crippen LogP contribution in [0.1, 0.15) is 11.1 Å². The molecule has 0 radical (unpaired) electrons. The molecule has 0 aliphatic heterocycles. The van der Waals surface area contributed by atoms with Crippen molar-refractivity contribution in [3.8, 4) is 17.2 Å². The normalized spacial score (nSPS) is 10.6. The van der Waals surface area contributed by atoms with Gasteiger partial charge in [-0.3, -0.25) is 4.79 Å². The zero-order valence-electron chi connectivity index (χ0n) is 14.3. The largest absolute Gasteiger partial charge is 0.497 e. The van der Waals surface area contributed by atoms with Crippen LogP contribution in [0.2, 0.25) is 5.02 Å². The van der Waals surface area contributed by atoms with Crippen molar-refractivity contribution in [3.63, 3.8) is 0 Å². The van der Waals surface area contributed by atoms with Crippen molar-refractivity contribution in [1.82, 2.24) is 5.32 Å². The molecular formula is C19H20ClNO4. The fraction of sp³-hybridized carbons (Fsp3) is 0.211. The third-order valence-corrected chi connectivity index (χ3v) is 3.79. The molecule has 132 valence electrons. The molecule has 0 bridgehead atoms. The van der Waals surface area contributed by atoms with Crippen LogP contribution in [-0.4, -0.2) is 27.2 Å². The first kappa shape index (κ1) is 18.7. The number of amides is 1. The summed E-state index contributed by atoms with van der Waals surface area (Å²) in [5.41, 5.74) is 1.72. The van der Waals surface area contributed by atoms with Gasteiger partial charge in [-0.2, -0.15) is 0 Å². The SMILES string of the molecule is COc1ccc(CNC(=O)/C=C/c2cc(Cl)c(OC)c(OC)c2)cc1. The quantitative estimate of drug-likeness (QED) is 0.764. The van der Waals surface area contributed by atoms with Crippen molar-refractivity contribution in [2.75, 3.05) is 21.3 Å². The molecule has 0 saturated heterocycles. The minimum absolute atomic E-state index is 0.207. The summed E-state index contributed by atoms with van der Waals surface area (Å²) in [6.07, 6.45) is 3.11. The van der Waals surface area contributed by atoms with Crippen LogP contribution in [0.5, 0.6) is 17.2 Å². The molecule has 0 spiro atoms. The third kappa shape index (κ3) is 5.16. The Kier molecular flexibility index (Phi) is 6.71. The zero-order chi connectivity index (χ0) is 18.2. The first-order valence-electron chi connectivity index (χ1n) is 7.57. The van der Waals surface area contributed by atoms with Crippen LogP contribution in [0.15, 0.2) is 42.5 Å². The van der Waals surface area contributed by atoms with Crippen molar-refractivity contribution in [3.05, 3.63) is 58.6 Å². The Balaban J connectivity index is 1.98. The average Bonchev–Trinajstić information content (AvgIpc) is 2.64. The monoisotopic (exact) mass is 361 g/mol. The highest BCUT2D eigenvalue weighted by atomic mass is 35.5. The molecule has 0 atom stereocenters. The van der Waals surface area contributed by atoms with Gasteiger partial charge in [0.2, 0.25) is 5.91 Å². The van der Waals surface area contributed by atoms with Crippen LogP contribution in [-0.2, 0) is 11.3 Å². The fourth-order valence-electron chi connectivity index (χ4n) is 2.20. The molecule has 2 aromatic carbocycles. The minimum atomic E-state index is -0.207. The number of ether oxygens (including phenoxy) is 3. The molecule has 1 N–H and O–H groups in total. The number of benzene rings is 2. The summed E-state index contributed by atoms with van der Waals surface area (Å²) in [6, 6.07) is 11.0. The molecule has 0 aliphatic carbocycles. The summed E-state index contributed by atoms with van der Waals surface area (Å²) >= 11 is 6.14. The summed E-state index contributed by atoms with van der Waals surface area (Å²) in [6.45, 7) is 0.430. The van der Waals surface area contributed by atoms with Gasteiger partial charge >= 0.3 is 0 Å². The number of rotatable bonds is 7. The smallest absolute Gasteiger partial charge is 0.244 e. The Morgan fingerprint density at radius 1 is 1.08 bits per heavy atom. The molecule has 5 nitrogen and oxygen atoms in total. The van der Waals surface area contributed by atoms with Crippen LogP contribution in [0.3, 0.4) is 0 Å². The summed E-state index contributed by atoms with van der Waals surface area (Å²) in [4.78, 5) is 12.0. The topological polar surface area (TPSA) is 56.8 Å². The van der Waals surface area contributed by atoms with Crippen LogP contribution < -0.4 is 19.5 Å². The minimum Gasteiger partial charge on any atom is -0.497 e. The predicted octanol–water partition coefficient (Wildman–Crippen LogP) is 3.70. The Hall–Kier alpha value is -2.66. The van der Waals surface area contributed by atoms with Gasteiger partial charge < -0.3 is 19.5 Å². The molecule has 2 aromatic rings. The highest BCUT2D eigenvalue weighted by molar-refractivity contribution is 6.32. The van der Waals surface area contributed by atoms with Gasteiger partial charge in [0.25, 0.3) is 0 Å². The summed E-state index contributed by atoms with van der Waals surface area (Å²) in [7, 11) is 4.66. The second kappa shape index (κ2) is 8.99. The zero-order valence-corrected chi connectivity index (χ0v) is 15.1. The molecule has 2 rings (SSSR count). The standard InChI is InChI=1S/C19H20ClNO4/c1-23-15-7-4-13(5-8-15)12-21-18(22)9-6-14-10-16(20)19(25-3)17(11-14)24-2/h4-11H,12H2,1-3H3,(H,21,22)/b9-6+. The van der Waals surface area contributed by atoms with E-state index in [-0.39, 0.29) is 5.91 Å². The van der Waals surface area contributed by atoms with Gasteiger partial charge in [-0.15, -0.1) is 0 Å². The summed E-state index contributed by atoms with van der Waals surface area (Å²) in [5, 5.41) is 3.23. The van der Waals surface area contributed by atoms with Crippen molar-refractivity contribution in [2.45, 2.75) is 6.54 Å². The van der Waals surface area contributed by atoms with Crippen molar-refractivity contribution in [1.29, 1.82) is 0 Å². The van der Waals surface area contributed by atoms with Gasteiger partial charge in [0, 0.05) is 12.6 Å². The molecule has 0 aromatic heterocycles. The maximum Gasteiger partial charge on any atom is 0.244 e. The van der Waals surface area contributed by atoms with E-state index in [1.807, 2.05) is 24.3 Å². The molecule has 0 aliphatic rings. The van der Waals surface area contributed by atoms with Crippen molar-refractivity contribution >= 4 is 23.6 Å². The van der Waals surface area contributed by atoms with E-state index in [0.717, 1.165) is 16.9 Å².